The maximum atomic E-state index is 13.4. The number of likely N-dealkylation sites (tertiary alicyclic amines) is 2. The molecular weight excluding hydrogens is 444 g/mol. The van der Waals surface area contributed by atoms with Gasteiger partial charge in [-0.05, 0) is 62.9 Å². The number of nitrogens with zero attached hydrogens (tertiary/aromatic N) is 4. The minimum absolute atomic E-state index is 0.178. The van der Waals surface area contributed by atoms with Crippen molar-refractivity contribution in [2.24, 2.45) is 5.92 Å². The molecule has 0 saturated carbocycles. The van der Waals surface area contributed by atoms with Gasteiger partial charge in [-0.1, -0.05) is 19.1 Å². The fraction of sp³-hybridized carbons (Fsp3) is 0.462. The molecule has 2 saturated heterocycles. The average Bonchev–Trinajstić information content (AvgIpc) is 3.51. The third kappa shape index (κ3) is 5.00. The van der Waals surface area contributed by atoms with Gasteiger partial charge in [0.05, 0.1) is 29.6 Å². The molecule has 2 aromatic heterocycles. The maximum Gasteiger partial charge on any atom is 0.314 e. The number of pyridine rings is 1. The van der Waals surface area contributed by atoms with E-state index in [9.17, 15) is 9.59 Å². The Labute approximate surface area is 204 Å². The SMILES string of the molecule is C[C@H]1CC[C@H](c2cccc(OCC3CCCN3C)c2)N(C(=O)C(=O)Nc2cncc3cn[nH]c23)C1. The van der Waals surface area contributed by atoms with E-state index in [0.29, 0.717) is 36.3 Å². The van der Waals surface area contributed by atoms with Crippen LogP contribution in [0, 0.1) is 5.92 Å². The molecule has 9 nitrogen and oxygen atoms in total. The lowest BCUT2D eigenvalue weighted by Gasteiger charge is -2.38. The normalized spacial score (nSPS) is 22.9. The first kappa shape index (κ1) is 23.3. The Balaban J connectivity index is 1.31. The molecule has 0 aliphatic carbocycles. The highest BCUT2D eigenvalue weighted by atomic mass is 16.5. The van der Waals surface area contributed by atoms with Crippen molar-refractivity contribution in [1.82, 2.24) is 25.0 Å². The van der Waals surface area contributed by atoms with E-state index in [1.54, 1.807) is 17.3 Å². The van der Waals surface area contributed by atoms with Crippen LogP contribution in [-0.2, 0) is 9.59 Å². The molecule has 2 fully saturated rings. The van der Waals surface area contributed by atoms with Gasteiger partial charge in [0.25, 0.3) is 0 Å². The number of aromatic nitrogens is 3. The van der Waals surface area contributed by atoms with Crippen LogP contribution in [0.1, 0.15) is 44.2 Å². The predicted molar refractivity (Wildman–Crippen MR) is 133 cm³/mol. The van der Waals surface area contributed by atoms with Gasteiger partial charge in [0, 0.05) is 24.2 Å². The van der Waals surface area contributed by atoms with Crippen molar-refractivity contribution in [2.45, 2.75) is 44.7 Å². The van der Waals surface area contributed by atoms with E-state index < -0.39 is 11.8 Å². The summed E-state index contributed by atoms with van der Waals surface area (Å²) in [6.45, 7) is 4.40. The topological polar surface area (TPSA) is 103 Å². The summed E-state index contributed by atoms with van der Waals surface area (Å²) >= 11 is 0. The van der Waals surface area contributed by atoms with Gasteiger partial charge >= 0.3 is 11.8 Å². The number of hydrogen-bond acceptors (Lipinski definition) is 6. The van der Waals surface area contributed by atoms with E-state index >= 15 is 0 Å². The Morgan fingerprint density at radius 2 is 2.09 bits per heavy atom. The number of likely N-dealkylation sites (N-methyl/N-ethyl adjacent to an activating group) is 1. The van der Waals surface area contributed by atoms with Crippen LogP contribution < -0.4 is 10.1 Å². The molecule has 4 heterocycles. The molecule has 3 aromatic rings. The number of piperidine rings is 1. The van der Waals surface area contributed by atoms with Crippen molar-refractivity contribution in [3.8, 4) is 5.75 Å². The number of carbonyl (C=O) groups excluding carboxylic acids is 2. The van der Waals surface area contributed by atoms with Gasteiger partial charge in [-0.15, -0.1) is 0 Å². The van der Waals surface area contributed by atoms with Crippen molar-refractivity contribution in [3.63, 3.8) is 0 Å². The van der Waals surface area contributed by atoms with Gasteiger partial charge < -0.3 is 19.9 Å². The molecule has 0 bridgehead atoms. The number of ether oxygens (including phenoxy) is 1. The minimum atomic E-state index is -0.676. The van der Waals surface area contributed by atoms with Gasteiger partial charge in [0.15, 0.2) is 0 Å². The van der Waals surface area contributed by atoms with Crippen molar-refractivity contribution >= 4 is 28.4 Å². The van der Waals surface area contributed by atoms with Crippen LogP contribution >= 0.6 is 0 Å². The second-order valence-electron chi connectivity index (χ2n) is 9.79. The summed E-state index contributed by atoms with van der Waals surface area (Å²) in [5, 5.41) is 10.3. The van der Waals surface area contributed by atoms with Crippen LogP contribution in [0.2, 0.25) is 0 Å². The van der Waals surface area contributed by atoms with Gasteiger partial charge in [-0.3, -0.25) is 19.7 Å². The number of rotatable bonds is 5. The highest BCUT2D eigenvalue weighted by molar-refractivity contribution is 6.40. The number of H-pyrrole nitrogens is 1. The Morgan fingerprint density at radius 3 is 2.91 bits per heavy atom. The van der Waals surface area contributed by atoms with Crippen LogP contribution in [0.3, 0.4) is 0 Å². The number of aromatic amines is 1. The first-order chi connectivity index (χ1) is 17.0. The fourth-order valence-corrected chi connectivity index (χ4v) is 5.18. The number of hydrogen-bond donors (Lipinski definition) is 2. The summed E-state index contributed by atoms with van der Waals surface area (Å²) in [6.07, 6.45) is 8.94. The van der Waals surface area contributed by atoms with Gasteiger partial charge in [0.2, 0.25) is 0 Å². The molecule has 1 aromatic carbocycles. The number of anilines is 1. The lowest BCUT2D eigenvalue weighted by Crippen LogP contribution is -2.46. The zero-order valence-corrected chi connectivity index (χ0v) is 20.2. The van der Waals surface area contributed by atoms with Crippen molar-refractivity contribution < 1.29 is 14.3 Å². The molecule has 2 N–H and O–H groups in total. The first-order valence-electron chi connectivity index (χ1n) is 12.3. The molecule has 2 aliphatic rings. The molecule has 2 aliphatic heterocycles. The largest absolute Gasteiger partial charge is 0.492 e. The van der Waals surface area contributed by atoms with Crippen LogP contribution in [0.5, 0.6) is 5.75 Å². The fourth-order valence-electron chi connectivity index (χ4n) is 5.18. The molecule has 2 amide bonds. The summed E-state index contributed by atoms with van der Waals surface area (Å²) in [4.78, 5) is 34.5. The zero-order chi connectivity index (χ0) is 24.4. The van der Waals surface area contributed by atoms with E-state index in [1.165, 1.54) is 12.6 Å². The minimum Gasteiger partial charge on any atom is -0.492 e. The van der Waals surface area contributed by atoms with E-state index in [-0.39, 0.29) is 6.04 Å². The van der Waals surface area contributed by atoms with Crippen molar-refractivity contribution in [1.29, 1.82) is 0 Å². The maximum absolute atomic E-state index is 13.4. The summed E-state index contributed by atoms with van der Waals surface area (Å²) < 4.78 is 6.13. The predicted octanol–water partition coefficient (Wildman–Crippen LogP) is 3.37. The second-order valence-corrected chi connectivity index (χ2v) is 9.79. The number of benzene rings is 1. The van der Waals surface area contributed by atoms with E-state index in [2.05, 4.69) is 39.4 Å². The molecule has 3 atom stereocenters. The molecule has 9 heteroatoms. The quantitative estimate of drug-likeness (QED) is 0.548. The lowest BCUT2D eigenvalue weighted by atomic mass is 9.89. The van der Waals surface area contributed by atoms with Crippen molar-refractivity contribution in [2.75, 3.05) is 32.1 Å². The second kappa shape index (κ2) is 10.0. The molecule has 5 rings (SSSR count). The van der Waals surface area contributed by atoms with Crippen LogP contribution in [0.15, 0.2) is 42.9 Å². The monoisotopic (exact) mass is 476 g/mol. The lowest BCUT2D eigenvalue weighted by molar-refractivity contribution is -0.146. The summed E-state index contributed by atoms with van der Waals surface area (Å²) in [5.74, 6) is -0.102. The summed E-state index contributed by atoms with van der Waals surface area (Å²) in [6, 6.07) is 8.22. The van der Waals surface area contributed by atoms with Gasteiger partial charge in [0.1, 0.15) is 12.4 Å². The molecule has 184 valence electrons. The smallest absolute Gasteiger partial charge is 0.314 e. The van der Waals surface area contributed by atoms with Crippen LogP contribution in [0.25, 0.3) is 10.9 Å². The number of carbonyl (C=O) groups is 2. The Hall–Kier alpha value is -3.46. The molecule has 35 heavy (non-hydrogen) atoms. The molecular formula is C26H32N6O3. The van der Waals surface area contributed by atoms with Crippen LogP contribution in [-0.4, -0.2) is 69.6 Å². The van der Waals surface area contributed by atoms with Gasteiger partial charge in [-0.2, -0.15) is 5.10 Å². The highest BCUT2D eigenvalue weighted by Gasteiger charge is 2.34. The standard InChI is InChI=1S/C26H32N6O3/c1-17-8-9-23(18-5-3-7-21(11-18)35-16-20-6-4-10-31(20)2)32(15-17)26(34)25(33)29-22-14-27-12-19-13-28-30-24(19)22/h3,5,7,11-14,17,20,23H,4,6,8-10,15-16H2,1-2H3,(H,28,30)(H,29,33)/t17-,20?,23+/m0/s1. The third-order valence-corrected chi connectivity index (χ3v) is 7.23. The third-order valence-electron chi connectivity index (χ3n) is 7.23. The van der Waals surface area contributed by atoms with Crippen LogP contribution in [0.4, 0.5) is 5.69 Å². The number of amides is 2. The highest BCUT2D eigenvalue weighted by Crippen LogP contribution is 2.35. The van der Waals surface area contributed by atoms with E-state index in [1.807, 2.05) is 24.3 Å². The van der Waals surface area contributed by atoms with Gasteiger partial charge in [-0.25, -0.2) is 0 Å². The Bertz CT molecular complexity index is 1210. The van der Waals surface area contributed by atoms with Crippen molar-refractivity contribution in [3.05, 3.63) is 48.4 Å². The van der Waals surface area contributed by atoms with E-state index in [0.717, 1.165) is 42.5 Å². The average molecular weight is 477 g/mol. The summed E-state index contributed by atoms with van der Waals surface area (Å²) in [7, 11) is 2.14. The number of nitrogens with one attached hydrogen (secondary N) is 2. The first-order valence-corrected chi connectivity index (χ1v) is 12.3. The Morgan fingerprint density at radius 1 is 1.20 bits per heavy atom. The molecule has 0 spiro atoms. The Kier molecular flexibility index (Phi) is 6.68. The summed E-state index contributed by atoms with van der Waals surface area (Å²) in [5.41, 5.74) is 2.07. The molecule has 0 radical (unpaired) electrons. The van der Waals surface area contributed by atoms with E-state index in [4.69, 9.17) is 4.74 Å². The number of fused-ring (bicyclic) bond motifs is 1. The molecule has 1 unspecified atom stereocenters. The zero-order valence-electron chi connectivity index (χ0n) is 20.2.